The highest BCUT2D eigenvalue weighted by atomic mass is 32.1. The van der Waals surface area contributed by atoms with Crippen LogP contribution in [0.2, 0.25) is 0 Å². The average molecular weight is 553 g/mol. The maximum Gasteiger partial charge on any atom is 0.163 e. The number of rotatable bonds is 2. The minimum absolute atomic E-state index is 0.607. The summed E-state index contributed by atoms with van der Waals surface area (Å²) in [5, 5.41) is 17.1. The van der Waals surface area contributed by atoms with Crippen molar-refractivity contribution in [3.05, 3.63) is 127 Å². The molecule has 0 radical (unpaired) electrons. The summed E-state index contributed by atoms with van der Waals surface area (Å²) >= 11 is 1.72. The molecule has 0 fully saturated rings. The molecule has 0 aliphatic carbocycles. The van der Waals surface area contributed by atoms with Crippen molar-refractivity contribution in [2.24, 2.45) is 0 Å². The Kier molecular flexibility index (Phi) is 4.84. The van der Waals surface area contributed by atoms with Gasteiger partial charge < -0.3 is 4.42 Å². The van der Waals surface area contributed by atoms with Crippen molar-refractivity contribution in [3.63, 3.8) is 0 Å². The number of fused-ring (bicyclic) bond motifs is 9. The number of aromatic nitrogens is 1. The van der Waals surface area contributed by atoms with Gasteiger partial charge in [0.05, 0.1) is 21.8 Å². The van der Waals surface area contributed by atoms with Crippen molar-refractivity contribution in [1.82, 2.24) is 4.98 Å². The van der Waals surface area contributed by atoms with Crippen LogP contribution in [0, 0.1) is 11.3 Å². The number of pyridine rings is 1. The summed E-state index contributed by atoms with van der Waals surface area (Å²) in [5.41, 5.74) is 8.00. The second kappa shape index (κ2) is 8.75. The van der Waals surface area contributed by atoms with Crippen LogP contribution < -0.4 is 0 Å². The fraction of sp³-hybridized carbons (Fsp3) is 0. The number of para-hydroxylation sites is 1. The summed E-state index contributed by atoms with van der Waals surface area (Å²) in [6, 6.07) is 44.4. The molecule has 9 aromatic rings. The Morgan fingerprint density at radius 1 is 0.619 bits per heavy atom. The molecule has 9 rings (SSSR count). The van der Waals surface area contributed by atoms with Gasteiger partial charge >= 0.3 is 0 Å². The van der Waals surface area contributed by atoms with Gasteiger partial charge in [-0.3, -0.25) is 0 Å². The van der Waals surface area contributed by atoms with E-state index in [1.54, 1.807) is 11.3 Å². The van der Waals surface area contributed by atoms with Crippen LogP contribution in [0.4, 0.5) is 0 Å². The van der Waals surface area contributed by atoms with Crippen molar-refractivity contribution < 1.29 is 4.42 Å². The van der Waals surface area contributed by atoms with E-state index in [1.807, 2.05) is 30.3 Å². The molecule has 3 aromatic heterocycles. The first-order valence-corrected chi connectivity index (χ1v) is 14.7. The Balaban J connectivity index is 1.42. The Hall–Kier alpha value is -5.50. The molecular weight excluding hydrogens is 532 g/mol. The Morgan fingerprint density at radius 2 is 1.31 bits per heavy atom. The number of nitriles is 1. The zero-order valence-corrected chi connectivity index (χ0v) is 23.1. The molecule has 194 valence electrons. The Labute approximate surface area is 244 Å². The van der Waals surface area contributed by atoms with Gasteiger partial charge in [-0.1, -0.05) is 78.9 Å². The zero-order valence-electron chi connectivity index (χ0n) is 22.3. The maximum atomic E-state index is 10.2. The molecule has 3 heterocycles. The third kappa shape index (κ3) is 3.29. The molecule has 0 amide bonds. The lowest BCUT2D eigenvalue weighted by Gasteiger charge is -2.13. The van der Waals surface area contributed by atoms with Gasteiger partial charge in [0.1, 0.15) is 11.1 Å². The second-order valence-corrected chi connectivity index (χ2v) is 11.7. The van der Waals surface area contributed by atoms with Gasteiger partial charge in [0.25, 0.3) is 0 Å². The van der Waals surface area contributed by atoms with E-state index in [9.17, 15) is 5.26 Å². The van der Waals surface area contributed by atoms with Crippen LogP contribution in [-0.4, -0.2) is 4.98 Å². The van der Waals surface area contributed by atoms with Crippen molar-refractivity contribution in [1.29, 1.82) is 5.26 Å². The molecule has 42 heavy (non-hydrogen) atoms. The number of hydrogen-bond donors (Lipinski definition) is 0. The maximum absolute atomic E-state index is 10.2. The molecule has 0 unspecified atom stereocenters. The largest absolute Gasteiger partial charge is 0.454 e. The van der Waals surface area contributed by atoms with Crippen LogP contribution in [0.1, 0.15) is 5.56 Å². The van der Waals surface area contributed by atoms with Gasteiger partial charge in [-0.15, -0.1) is 11.3 Å². The molecule has 0 aliphatic rings. The fourth-order valence-corrected chi connectivity index (χ4v) is 7.59. The number of furan rings is 1. The van der Waals surface area contributed by atoms with Gasteiger partial charge in [-0.25, -0.2) is 4.98 Å². The first kappa shape index (κ1) is 23.2. The first-order valence-electron chi connectivity index (χ1n) is 13.9. The van der Waals surface area contributed by atoms with Crippen LogP contribution in [0.15, 0.2) is 126 Å². The SMILES string of the molecule is N#Cc1cc(-c2cc3ccccc3c3ccccc23)cc(-c2c3oc4ccccc4c3nc3c2sc2ccccc23)c1. The minimum atomic E-state index is 0.607. The van der Waals surface area contributed by atoms with E-state index in [0.29, 0.717) is 5.56 Å². The van der Waals surface area contributed by atoms with E-state index in [0.717, 1.165) is 65.3 Å². The molecule has 0 bridgehead atoms. The zero-order chi connectivity index (χ0) is 27.8. The predicted molar refractivity (Wildman–Crippen MR) is 175 cm³/mol. The summed E-state index contributed by atoms with van der Waals surface area (Å²) < 4.78 is 8.79. The molecule has 3 nitrogen and oxygen atoms in total. The van der Waals surface area contributed by atoms with Gasteiger partial charge in [0.2, 0.25) is 0 Å². The molecule has 0 atom stereocenters. The van der Waals surface area contributed by atoms with E-state index in [1.165, 1.54) is 20.9 Å². The highest BCUT2D eigenvalue weighted by Gasteiger charge is 2.22. The summed E-state index contributed by atoms with van der Waals surface area (Å²) in [4.78, 5) is 5.19. The molecule has 6 aromatic carbocycles. The van der Waals surface area contributed by atoms with Crippen LogP contribution in [0.25, 0.3) is 86.2 Å². The highest BCUT2D eigenvalue weighted by Crippen LogP contribution is 2.46. The number of benzene rings is 6. The van der Waals surface area contributed by atoms with Gasteiger partial charge in [0, 0.05) is 21.0 Å². The summed E-state index contributed by atoms with van der Waals surface area (Å²) in [5.74, 6) is 0. The van der Waals surface area contributed by atoms with E-state index >= 15 is 0 Å². The van der Waals surface area contributed by atoms with Crippen molar-refractivity contribution >= 4 is 75.3 Å². The normalized spacial score (nSPS) is 11.8. The van der Waals surface area contributed by atoms with E-state index in [4.69, 9.17) is 9.40 Å². The summed E-state index contributed by atoms with van der Waals surface area (Å²) in [6.07, 6.45) is 0. The molecule has 0 saturated heterocycles. The molecule has 0 aliphatic heterocycles. The topological polar surface area (TPSA) is 49.8 Å². The lowest BCUT2D eigenvalue weighted by molar-refractivity contribution is 0.670. The van der Waals surface area contributed by atoms with Gasteiger partial charge in [-0.05, 0) is 80.7 Å². The van der Waals surface area contributed by atoms with E-state index in [-0.39, 0.29) is 0 Å². The molecule has 0 N–H and O–H groups in total. The van der Waals surface area contributed by atoms with Crippen molar-refractivity contribution in [2.75, 3.05) is 0 Å². The highest BCUT2D eigenvalue weighted by molar-refractivity contribution is 7.26. The summed E-state index contributed by atoms with van der Waals surface area (Å²) in [7, 11) is 0. The van der Waals surface area contributed by atoms with Crippen molar-refractivity contribution in [3.8, 4) is 28.3 Å². The smallest absolute Gasteiger partial charge is 0.163 e. The van der Waals surface area contributed by atoms with Gasteiger partial charge in [0.15, 0.2) is 5.58 Å². The Morgan fingerprint density at radius 3 is 2.17 bits per heavy atom. The average Bonchev–Trinajstić information content (AvgIpc) is 3.61. The standard InChI is InChI=1S/C38H20N2OS/c39-21-22-17-24(31-20-23-9-1-2-10-26(23)27-11-3-4-12-28(27)31)19-25(18-22)34-37-35(29-13-5-7-15-32(29)41-37)40-36-30-14-6-8-16-33(30)42-38(34)36/h1-20H. The van der Waals surface area contributed by atoms with Crippen LogP contribution in [0.5, 0.6) is 0 Å². The van der Waals surface area contributed by atoms with E-state index in [2.05, 4.69) is 97.1 Å². The van der Waals surface area contributed by atoms with Crippen LogP contribution in [0.3, 0.4) is 0 Å². The molecular formula is C38H20N2OS. The quantitative estimate of drug-likeness (QED) is 0.200. The lowest BCUT2D eigenvalue weighted by atomic mass is 9.90. The molecule has 0 spiro atoms. The third-order valence-electron chi connectivity index (χ3n) is 8.25. The van der Waals surface area contributed by atoms with E-state index < -0.39 is 0 Å². The predicted octanol–water partition coefficient (Wildman–Crippen LogP) is 10.9. The second-order valence-electron chi connectivity index (χ2n) is 10.6. The third-order valence-corrected chi connectivity index (χ3v) is 9.42. The first-order chi connectivity index (χ1) is 20.8. The molecule has 0 saturated carbocycles. The Bertz CT molecular complexity index is 2510. The monoisotopic (exact) mass is 552 g/mol. The number of hydrogen-bond acceptors (Lipinski definition) is 4. The number of nitrogens with zero attached hydrogens (tertiary/aromatic N) is 2. The van der Waals surface area contributed by atoms with Crippen LogP contribution in [-0.2, 0) is 0 Å². The summed E-state index contributed by atoms with van der Waals surface area (Å²) in [6.45, 7) is 0. The van der Waals surface area contributed by atoms with Gasteiger partial charge in [-0.2, -0.15) is 5.26 Å². The molecule has 4 heteroatoms. The van der Waals surface area contributed by atoms with Crippen LogP contribution >= 0.6 is 11.3 Å². The van der Waals surface area contributed by atoms with Crippen molar-refractivity contribution in [2.45, 2.75) is 0 Å². The minimum Gasteiger partial charge on any atom is -0.454 e. The lowest BCUT2D eigenvalue weighted by Crippen LogP contribution is -1.90. The number of thiophene rings is 1. The fourth-order valence-electron chi connectivity index (χ4n) is 6.39.